The Hall–Kier alpha value is -1.15. The molecule has 0 unspecified atom stereocenters. The molecule has 0 atom stereocenters. The first-order chi connectivity index (χ1) is 8.33. The number of sulfonamides is 1. The minimum Gasteiger partial charge on any atom is -0.469 e. The highest BCUT2D eigenvalue weighted by Gasteiger charge is 2.21. The Morgan fingerprint density at radius 2 is 1.83 bits per heavy atom. The van der Waals surface area contributed by atoms with E-state index in [1.807, 2.05) is 0 Å². The molecule has 0 aromatic heterocycles. The first kappa shape index (κ1) is 16.9. The van der Waals surface area contributed by atoms with Crippen molar-refractivity contribution in [3.8, 4) is 0 Å². The van der Waals surface area contributed by atoms with Crippen molar-refractivity contribution < 1.29 is 27.5 Å². The third-order valence-electron chi connectivity index (χ3n) is 2.14. The minimum absolute atomic E-state index is 0.0307. The second kappa shape index (κ2) is 8.04. The van der Waals surface area contributed by atoms with Crippen LogP contribution in [0.15, 0.2) is 0 Å². The third kappa shape index (κ3) is 6.55. The van der Waals surface area contributed by atoms with Crippen LogP contribution >= 0.6 is 0 Å². The normalized spacial score (nSPS) is 11.3. The molecule has 0 aliphatic carbocycles. The van der Waals surface area contributed by atoms with Gasteiger partial charge in [-0.3, -0.25) is 9.59 Å². The lowest BCUT2D eigenvalue weighted by molar-refractivity contribution is -0.143. The van der Waals surface area contributed by atoms with Gasteiger partial charge in [-0.2, -0.15) is 4.31 Å². The molecule has 0 aromatic carbocycles. The molecule has 0 saturated carbocycles. The Balaban J connectivity index is 4.19. The molecule has 106 valence electrons. The van der Waals surface area contributed by atoms with Gasteiger partial charge in [0.2, 0.25) is 10.0 Å². The number of rotatable bonds is 8. The van der Waals surface area contributed by atoms with E-state index < -0.39 is 22.0 Å². The lowest BCUT2D eigenvalue weighted by atomic mass is 10.3. The van der Waals surface area contributed by atoms with Gasteiger partial charge in [0.25, 0.3) is 0 Å². The largest absolute Gasteiger partial charge is 0.469 e. The minimum atomic E-state index is -3.55. The van der Waals surface area contributed by atoms with Gasteiger partial charge in [0.1, 0.15) is 6.54 Å². The fraction of sp³-hybridized carbons (Fsp3) is 0.800. The molecule has 8 heteroatoms. The maximum Gasteiger partial charge on any atom is 0.321 e. The van der Waals surface area contributed by atoms with Crippen LogP contribution < -0.4 is 0 Å². The Morgan fingerprint density at radius 3 is 2.33 bits per heavy atom. The van der Waals surface area contributed by atoms with E-state index in [0.29, 0.717) is 0 Å². The number of nitrogens with zero attached hydrogens (tertiary/aromatic N) is 1. The van der Waals surface area contributed by atoms with Crippen molar-refractivity contribution in [2.75, 3.05) is 33.1 Å². The van der Waals surface area contributed by atoms with Crippen molar-refractivity contribution in [1.82, 2.24) is 4.31 Å². The van der Waals surface area contributed by atoms with E-state index in [1.54, 1.807) is 6.92 Å². The second-order valence-electron chi connectivity index (χ2n) is 3.56. The molecule has 0 amide bonds. The Bertz CT molecular complexity index is 378. The molecule has 0 spiro atoms. The van der Waals surface area contributed by atoms with Crippen LogP contribution in [0.25, 0.3) is 0 Å². The molecule has 0 fully saturated rings. The van der Waals surface area contributed by atoms with Crippen LogP contribution in [-0.4, -0.2) is 57.7 Å². The Morgan fingerprint density at radius 1 is 1.22 bits per heavy atom. The molecule has 7 nitrogen and oxygen atoms in total. The summed E-state index contributed by atoms with van der Waals surface area (Å²) >= 11 is 0. The number of methoxy groups -OCH3 is 1. The average Bonchev–Trinajstić information content (AvgIpc) is 2.28. The van der Waals surface area contributed by atoms with Crippen LogP contribution in [0, 0.1) is 0 Å². The van der Waals surface area contributed by atoms with Gasteiger partial charge in [0.05, 0.1) is 19.5 Å². The zero-order valence-electron chi connectivity index (χ0n) is 10.8. The SMILES string of the molecule is CCOC(=O)CN(C)S(=O)(=O)CCCC(=O)OC. The van der Waals surface area contributed by atoms with Crippen LogP contribution in [0.2, 0.25) is 0 Å². The number of likely N-dealkylation sites (N-methyl/N-ethyl adjacent to an activating group) is 1. The lowest BCUT2D eigenvalue weighted by Gasteiger charge is -2.15. The van der Waals surface area contributed by atoms with Crippen LogP contribution in [0.3, 0.4) is 0 Å². The summed E-state index contributed by atoms with van der Waals surface area (Å²) in [6.07, 6.45) is 0.186. The van der Waals surface area contributed by atoms with Crippen molar-refractivity contribution in [2.24, 2.45) is 0 Å². The summed E-state index contributed by atoms with van der Waals surface area (Å²) in [6.45, 7) is 1.52. The molecule has 18 heavy (non-hydrogen) atoms. The van der Waals surface area contributed by atoms with E-state index in [1.165, 1.54) is 14.2 Å². The van der Waals surface area contributed by atoms with Crippen LogP contribution in [0.1, 0.15) is 19.8 Å². The number of hydrogen-bond donors (Lipinski definition) is 0. The molecule has 0 aliphatic heterocycles. The van der Waals surface area contributed by atoms with Crippen LogP contribution in [0.4, 0.5) is 0 Å². The Kier molecular flexibility index (Phi) is 7.53. The smallest absolute Gasteiger partial charge is 0.321 e. The Labute approximate surface area is 107 Å². The first-order valence-corrected chi connectivity index (χ1v) is 7.10. The molecule has 0 rings (SSSR count). The predicted octanol–water partition coefficient (Wildman–Crippen LogP) is -0.236. The summed E-state index contributed by atoms with van der Waals surface area (Å²) in [4.78, 5) is 22.0. The fourth-order valence-corrected chi connectivity index (χ4v) is 2.27. The monoisotopic (exact) mass is 281 g/mol. The summed E-state index contributed by atoms with van der Waals surface area (Å²) in [6, 6.07) is 0. The average molecular weight is 281 g/mol. The standard InChI is InChI=1S/C10H19NO6S/c1-4-17-10(13)8-11(2)18(14,15)7-5-6-9(12)16-3/h4-8H2,1-3H3. The third-order valence-corrected chi connectivity index (χ3v) is 4.03. The molecule has 0 bridgehead atoms. The van der Waals surface area contributed by atoms with Crippen LogP contribution in [-0.2, 0) is 29.1 Å². The maximum absolute atomic E-state index is 11.7. The van der Waals surface area contributed by atoms with Crippen molar-refractivity contribution in [3.05, 3.63) is 0 Å². The molecular weight excluding hydrogens is 262 g/mol. The summed E-state index contributed by atoms with van der Waals surface area (Å²) in [5, 5.41) is 0. The van der Waals surface area contributed by atoms with Crippen molar-refractivity contribution in [2.45, 2.75) is 19.8 Å². The van der Waals surface area contributed by atoms with E-state index in [4.69, 9.17) is 0 Å². The highest BCUT2D eigenvalue weighted by molar-refractivity contribution is 7.89. The highest BCUT2D eigenvalue weighted by atomic mass is 32.2. The summed E-state index contributed by atoms with van der Waals surface area (Å²) in [7, 11) is -1.02. The fourth-order valence-electron chi connectivity index (χ4n) is 1.14. The maximum atomic E-state index is 11.7. The highest BCUT2D eigenvalue weighted by Crippen LogP contribution is 2.03. The second-order valence-corrected chi connectivity index (χ2v) is 5.75. The predicted molar refractivity (Wildman–Crippen MR) is 64.3 cm³/mol. The van der Waals surface area contributed by atoms with Crippen molar-refractivity contribution in [3.63, 3.8) is 0 Å². The zero-order valence-corrected chi connectivity index (χ0v) is 11.7. The van der Waals surface area contributed by atoms with Gasteiger partial charge >= 0.3 is 11.9 Å². The molecule has 0 aliphatic rings. The van der Waals surface area contributed by atoms with E-state index in [9.17, 15) is 18.0 Å². The number of ether oxygens (including phenoxy) is 2. The number of carbonyl (C=O) groups excluding carboxylic acids is 2. The van der Waals surface area contributed by atoms with Gasteiger partial charge in [-0.15, -0.1) is 0 Å². The lowest BCUT2D eigenvalue weighted by Crippen LogP contribution is -2.34. The molecule has 0 N–H and O–H groups in total. The summed E-state index contributed by atoms with van der Waals surface area (Å²) < 4.78 is 33.4. The van der Waals surface area contributed by atoms with Crippen molar-refractivity contribution in [1.29, 1.82) is 0 Å². The first-order valence-electron chi connectivity index (χ1n) is 5.50. The van der Waals surface area contributed by atoms with Gasteiger partial charge < -0.3 is 9.47 Å². The summed E-state index contributed by atoms with van der Waals surface area (Å²) in [5.74, 6) is -1.27. The van der Waals surface area contributed by atoms with Gasteiger partial charge in [-0.1, -0.05) is 0 Å². The van der Waals surface area contributed by atoms with E-state index >= 15 is 0 Å². The molecule has 0 aromatic rings. The van der Waals surface area contributed by atoms with Crippen LogP contribution in [0.5, 0.6) is 0 Å². The quantitative estimate of drug-likeness (QED) is 0.571. The van der Waals surface area contributed by atoms with Gasteiger partial charge in [0.15, 0.2) is 0 Å². The summed E-state index contributed by atoms with van der Waals surface area (Å²) in [5.41, 5.74) is 0. The van der Waals surface area contributed by atoms with Crippen molar-refractivity contribution >= 4 is 22.0 Å². The molecule has 0 saturated heterocycles. The number of hydrogen-bond acceptors (Lipinski definition) is 6. The topological polar surface area (TPSA) is 90.0 Å². The number of esters is 2. The molecular formula is C10H19NO6S. The number of carbonyl (C=O) groups is 2. The molecule has 0 heterocycles. The molecule has 0 radical (unpaired) electrons. The van der Waals surface area contributed by atoms with E-state index in [2.05, 4.69) is 9.47 Å². The van der Waals surface area contributed by atoms with Gasteiger partial charge in [-0.25, -0.2) is 8.42 Å². The van der Waals surface area contributed by atoms with Gasteiger partial charge in [-0.05, 0) is 13.3 Å². The zero-order chi connectivity index (χ0) is 14.2. The van der Waals surface area contributed by atoms with E-state index in [-0.39, 0.29) is 31.7 Å². The van der Waals surface area contributed by atoms with E-state index in [0.717, 1.165) is 4.31 Å². The van der Waals surface area contributed by atoms with Gasteiger partial charge in [0, 0.05) is 13.5 Å².